The standard InChI is InChI=1S/C22H38N2O8S/c1-3-16-33-19-17-21(27)24(22(19)28)7-4-20(26)23-6-9-30-11-13-32-15-14-31-12-10-29-8-5-18(2)25/h19H,3-17H2,1-2H3,(H,23,26). The van der Waals surface area contributed by atoms with Crippen LogP contribution in [-0.2, 0) is 38.1 Å². The Morgan fingerprint density at radius 2 is 1.52 bits per heavy atom. The van der Waals surface area contributed by atoms with E-state index in [0.29, 0.717) is 65.8 Å². The number of nitrogens with zero attached hydrogens (tertiary/aromatic N) is 1. The smallest absolute Gasteiger partial charge is 0.242 e. The lowest BCUT2D eigenvalue weighted by molar-refractivity contribution is -0.138. The monoisotopic (exact) mass is 490 g/mol. The Balaban J connectivity index is 1.90. The summed E-state index contributed by atoms with van der Waals surface area (Å²) in [5, 5.41) is 2.41. The van der Waals surface area contributed by atoms with Crippen LogP contribution in [0.15, 0.2) is 0 Å². The molecule has 1 aliphatic heterocycles. The number of rotatable bonds is 21. The summed E-state index contributed by atoms with van der Waals surface area (Å²) >= 11 is 1.51. The molecule has 0 saturated carbocycles. The molecule has 190 valence electrons. The minimum absolute atomic E-state index is 0.0908. The summed E-state index contributed by atoms with van der Waals surface area (Å²) < 4.78 is 21.3. The lowest BCUT2D eigenvalue weighted by Gasteiger charge is -2.14. The first-order valence-electron chi connectivity index (χ1n) is 11.5. The summed E-state index contributed by atoms with van der Waals surface area (Å²) in [6, 6.07) is 0. The molecule has 0 bridgehead atoms. The van der Waals surface area contributed by atoms with E-state index in [1.54, 1.807) is 0 Å². The van der Waals surface area contributed by atoms with Crippen molar-refractivity contribution in [2.24, 2.45) is 0 Å². The van der Waals surface area contributed by atoms with E-state index in [-0.39, 0.29) is 48.1 Å². The summed E-state index contributed by atoms with van der Waals surface area (Å²) in [4.78, 5) is 48.1. The normalized spacial score (nSPS) is 15.9. The minimum atomic E-state index is -0.305. The zero-order chi connectivity index (χ0) is 24.3. The van der Waals surface area contributed by atoms with Gasteiger partial charge in [-0.15, -0.1) is 11.8 Å². The number of imide groups is 1. The van der Waals surface area contributed by atoms with Gasteiger partial charge in [0.25, 0.3) is 0 Å². The second-order valence-electron chi connectivity index (χ2n) is 7.45. The highest BCUT2D eigenvalue weighted by Gasteiger charge is 2.38. The molecule has 0 aliphatic carbocycles. The summed E-state index contributed by atoms with van der Waals surface area (Å²) in [5.74, 6) is 0.349. The molecule has 1 fully saturated rings. The third-order valence-corrected chi connectivity index (χ3v) is 5.99. The molecule has 10 nitrogen and oxygen atoms in total. The highest BCUT2D eigenvalue weighted by molar-refractivity contribution is 8.00. The number of carbonyl (C=O) groups excluding carboxylic acids is 4. The third kappa shape index (κ3) is 14.4. The fraction of sp³-hybridized carbons (Fsp3) is 0.818. The molecular weight excluding hydrogens is 452 g/mol. The van der Waals surface area contributed by atoms with Gasteiger partial charge in [-0.2, -0.15) is 0 Å². The summed E-state index contributed by atoms with van der Waals surface area (Å²) in [7, 11) is 0. The highest BCUT2D eigenvalue weighted by Crippen LogP contribution is 2.25. The lowest BCUT2D eigenvalue weighted by Crippen LogP contribution is -2.36. The van der Waals surface area contributed by atoms with Crippen LogP contribution in [0, 0.1) is 0 Å². The van der Waals surface area contributed by atoms with Crippen molar-refractivity contribution in [2.45, 2.75) is 44.8 Å². The molecule has 0 aromatic carbocycles. The number of likely N-dealkylation sites (tertiary alicyclic amines) is 1. The second kappa shape index (κ2) is 18.8. The van der Waals surface area contributed by atoms with Crippen LogP contribution < -0.4 is 5.32 Å². The van der Waals surface area contributed by atoms with Crippen molar-refractivity contribution in [1.29, 1.82) is 0 Å². The van der Waals surface area contributed by atoms with Gasteiger partial charge in [0.2, 0.25) is 17.7 Å². The Morgan fingerprint density at radius 3 is 2.09 bits per heavy atom. The number of Topliss-reactive ketones (excluding diaryl/α,β-unsaturated/α-hetero) is 1. The lowest BCUT2D eigenvalue weighted by atomic mass is 10.3. The van der Waals surface area contributed by atoms with E-state index in [1.807, 2.05) is 6.92 Å². The van der Waals surface area contributed by atoms with Crippen LogP contribution >= 0.6 is 11.8 Å². The van der Waals surface area contributed by atoms with Crippen molar-refractivity contribution in [1.82, 2.24) is 10.2 Å². The maximum absolute atomic E-state index is 12.2. The molecule has 0 spiro atoms. The van der Waals surface area contributed by atoms with Gasteiger partial charge in [0.1, 0.15) is 5.78 Å². The quantitative estimate of drug-likeness (QED) is 0.184. The van der Waals surface area contributed by atoms with Crippen LogP contribution in [0.4, 0.5) is 0 Å². The van der Waals surface area contributed by atoms with E-state index in [0.717, 1.165) is 12.2 Å². The first-order chi connectivity index (χ1) is 16.0. The van der Waals surface area contributed by atoms with Crippen molar-refractivity contribution in [3.05, 3.63) is 0 Å². The van der Waals surface area contributed by atoms with Gasteiger partial charge in [0, 0.05) is 32.4 Å². The zero-order valence-corrected chi connectivity index (χ0v) is 20.6. The van der Waals surface area contributed by atoms with E-state index < -0.39 is 0 Å². The Bertz CT molecular complexity index is 605. The molecule has 0 aromatic rings. The number of carbonyl (C=O) groups is 4. The van der Waals surface area contributed by atoms with Gasteiger partial charge in [0.05, 0.1) is 58.1 Å². The molecule has 0 aromatic heterocycles. The van der Waals surface area contributed by atoms with Gasteiger partial charge >= 0.3 is 0 Å². The fourth-order valence-electron chi connectivity index (χ4n) is 2.82. The van der Waals surface area contributed by atoms with Gasteiger partial charge in [0.15, 0.2) is 0 Å². The largest absolute Gasteiger partial charge is 0.379 e. The molecule has 11 heteroatoms. The average Bonchev–Trinajstić information content (AvgIpc) is 3.05. The molecule has 1 atom stereocenters. The van der Waals surface area contributed by atoms with E-state index in [2.05, 4.69) is 5.32 Å². The average molecular weight is 491 g/mol. The molecule has 1 aliphatic rings. The third-order valence-electron chi connectivity index (χ3n) is 4.57. The van der Waals surface area contributed by atoms with Crippen molar-refractivity contribution < 1.29 is 38.1 Å². The van der Waals surface area contributed by atoms with Crippen LogP contribution in [0.5, 0.6) is 0 Å². The van der Waals surface area contributed by atoms with E-state index >= 15 is 0 Å². The first-order valence-corrected chi connectivity index (χ1v) is 12.5. The van der Waals surface area contributed by atoms with Gasteiger partial charge in [-0.05, 0) is 19.1 Å². The molecular formula is C22H38N2O8S. The Morgan fingerprint density at radius 1 is 0.939 bits per heavy atom. The second-order valence-corrected chi connectivity index (χ2v) is 8.76. The van der Waals surface area contributed by atoms with Crippen LogP contribution in [0.2, 0.25) is 0 Å². The first kappa shape index (κ1) is 29.5. The molecule has 1 unspecified atom stereocenters. The number of ether oxygens (including phenoxy) is 4. The van der Waals surface area contributed by atoms with Crippen molar-refractivity contribution in [3.8, 4) is 0 Å². The van der Waals surface area contributed by atoms with E-state index in [4.69, 9.17) is 18.9 Å². The zero-order valence-electron chi connectivity index (χ0n) is 19.8. The van der Waals surface area contributed by atoms with Crippen LogP contribution in [0.25, 0.3) is 0 Å². The number of amides is 3. The minimum Gasteiger partial charge on any atom is -0.379 e. The van der Waals surface area contributed by atoms with Crippen molar-refractivity contribution in [3.63, 3.8) is 0 Å². The highest BCUT2D eigenvalue weighted by atomic mass is 32.2. The Hall–Kier alpha value is -1.53. The number of nitrogens with one attached hydrogen (secondary N) is 1. The maximum atomic E-state index is 12.2. The molecule has 1 N–H and O–H groups in total. The van der Waals surface area contributed by atoms with Crippen molar-refractivity contribution in [2.75, 3.05) is 71.7 Å². The predicted molar refractivity (Wildman–Crippen MR) is 124 cm³/mol. The molecule has 1 heterocycles. The molecule has 1 saturated heterocycles. The molecule has 1 rings (SSSR count). The SMILES string of the molecule is CCCSC1CC(=O)N(CCC(=O)NCCOCCOCCOCCOCCC(C)=O)C1=O. The van der Waals surface area contributed by atoms with E-state index in [9.17, 15) is 19.2 Å². The Kier molecular flexibility index (Phi) is 16.8. The van der Waals surface area contributed by atoms with Crippen LogP contribution in [-0.4, -0.2) is 105 Å². The van der Waals surface area contributed by atoms with Gasteiger partial charge in [-0.1, -0.05) is 6.92 Å². The topological polar surface area (TPSA) is 120 Å². The predicted octanol–water partition coefficient (Wildman–Crippen LogP) is 0.809. The van der Waals surface area contributed by atoms with Crippen LogP contribution in [0.3, 0.4) is 0 Å². The number of thioether (sulfide) groups is 1. The van der Waals surface area contributed by atoms with Crippen LogP contribution in [0.1, 0.15) is 39.5 Å². The molecule has 33 heavy (non-hydrogen) atoms. The maximum Gasteiger partial charge on any atom is 0.242 e. The Labute approximate surface area is 200 Å². The number of hydrogen-bond acceptors (Lipinski definition) is 9. The van der Waals surface area contributed by atoms with Crippen molar-refractivity contribution >= 4 is 35.3 Å². The fourth-order valence-corrected chi connectivity index (χ4v) is 3.87. The number of ketones is 1. The summed E-state index contributed by atoms with van der Waals surface area (Å²) in [6.45, 7) is 7.42. The molecule has 3 amide bonds. The molecule has 0 radical (unpaired) electrons. The van der Waals surface area contributed by atoms with Gasteiger partial charge in [-0.25, -0.2) is 0 Å². The van der Waals surface area contributed by atoms with E-state index in [1.165, 1.54) is 23.6 Å². The number of hydrogen-bond donors (Lipinski definition) is 1. The summed E-state index contributed by atoms with van der Waals surface area (Å²) in [6.07, 6.45) is 1.69. The van der Waals surface area contributed by atoms with Gasteiger partial charge < -0.3 is 24.3 Å². The summed E-state index contributed by atoms with van der Waals surface area (Å²) in [5.41, 5.74) is 0. The van der Waals surface area contributed by atoms with Gasteiger partial charge in [-0.3, -0.25) is 24.1 Å².